The summed E-state index contributed by atoms with van der Waals surface area (Å²) in [6, 6.07) is 12.9. The Morgan fingerprint density at radius 1 is 1.12 bits per heavy atom. The molecule has 0 saturated carbocycles. The summed E-state index contributed by atoms with van der Waals surface area (Å²) in [5.41, 5.74) is 1.11. The quantitative estimate of drug-likeness (QED) is 0.591. The fraction of sp³-hybridized carbons (Fsp3) is 0.0769. The van der Waals surface area contributed by atoms with Crippen molar-refractivity contribution in [3.05, 3.63) is 64.4 Å². The third-order valence-electron chi connectivity index (χ3n) is 2.54. The zero-order valence-corrected chi connectivity index (χ0v) is 9.37. The summed E-state index contributed by atoms with van der Waals surface area (Å²) in [5.74, 6) is 0. The van der Waals surface area contributed by atoms with Crippen LogP contribution in [0.5, 0.6) is 0 Å². The maximum absolute atomic E-state index is 11.9. The monoisotopic (exact) mass is 228 g/mol. The van der Waals surface area contributed by atoms with Crippen LogP contribution in [0.4, 0.5) is 0 Å². The molecule has 0 bridgehead atoms. The summed E-state index contributed by atoms with van der Waals surface area (Å²) < 4.78 is 1.38. The molecule has 86 valence electrons. The lowest BCUT2D eigenvalue weighted by Crippen LogP contribution is -2.31. The second kappa shape index (κ2) is 4.65. The highest BCUT2D eigenvalue weighted by Crippen LogP contribution is 2.12. The Hall–Kier alpha value is -2.36. The van der Waals surface area contributed by atoms with E-state index in [9.17, 15) is 4.79 Å². The second-order valence-corrected chi connectivity index (χ2v) is 3.65. The van der Waals surface area contributed by atoms with Gasteiger partial charge in [0.05, 0.1) is 0 Å². The number of hydrogen-bond acceptors (Lipinski definition) is 3. The molecule has 0 aliphatic heterocycles. The molecular weight excluding hydrogens is 216 g/mol. The van der Waals surface area contributed by atoms with Gasteiger partial charge in [0.2, 0.25) is 0 Å². The molecule has 1 N–H and O–H groups in total. The van der Waals surface area contributed by atoms with Gasteiger partial charge >= 0.3 is 0 Å². The molecule has 0 amide bonds. The molecule has 0 aliphatic carbocycles. The molecule has 4 nitrogen and oxygen atoms in total. The highest BCUT2D eigenvalue weighted by molar-refractivity contribution is 5.61. The van der Waals surface area contributed by atoms with Gasteiger partial charge in [-0.1, -0.05) is 41.6 Å². The van der Waals surface area contributed by atoms with Crippen LogP contribution in [0.15, 0.2) is 58.6 Å². The first-order valence-corrected chi connectivity index (χ1v) is 5.17. The van der Waals surface area contributed by atoms with Crippen LogP contribution < -0.4 is 10.9 Å². The van der Waals surface area contributed by atoms with Crippen molar-refractivity contribution in [2.24, 2.45) is 12.2 Å². The summed E-state index contributed by atoms with van der Waals surface area (Å²) in [7, 11) is 1.62. The third-order valence-corrected chi connectivity index (χ3v) is 2.54. The van der Waals surface area contributed by atoms with Crippen LogP contribution in [-0.2, 0) is 7.05 Å². The van der Waals surface area contributed by atoms with E-state index in [0.29, 0.717) is 5.56 Å². The summed E-state index contributed by atoms with van der Waals surface area (Å²) in [5, 5.41) is 12.2. The van der Waals surface area contributed by atoms with Crippen LogP contribution in [0.1, 0.15) is 0 Å². The van der Waals surface area contributed by atoms with Crippen molar-refractivity contribution in [3.63, 3.8) is 0 Å². The first kappa shape index (κ1) is 11.1. The summed E-state index contributed by atoms with van der Waals surface area (Å²) >= 11 is 0. The molecule has 17 heavy (non-hydrogen) atoms. The average Bonchev–Trinajstić information content (AvgIpc) is 2.51. The number of aryl methyl sites for hydroxylation is 1. The van der Waals surface area contributed by atoms with E-state index >= 15 is 0 Å². The molecule has 0 radical (unpaired) electrons. The third kappa shape index (κ3) is 2.10. The molecule has 1 aromatic carbocycles. The van der Waals surface area contributed by atoms with E-state index in [1.165, 1.54) is 4.57 Å². The van der Waals surface area contributed by atoms with Gasteiger partial charge in [-0.25, -0.2) is 0 Å². The zero-order chi connectivity index (χ0) is 12.3. The highest BCUT2D eigenvalue weighted by Gasteiger charge is 2.03. The van der Waals surface area contributed by atoms with Gasteiger partial charge in [0.25, 0.3) is 5.56 Å². The number of aromatic nitrogens is 1. The lowest BCUT2D eigenvalue weighted by atomic mass is 10.1. The first-order chi connectivity index (χ1) is 8.24. The minimum absolute atomic E-state index is 0.0451. The lowest BCUT2D eigenvalue weighted by Gasteiger charge is -1.97. The van der Waals surface area contributed by atoms with Gasteiger partial charge in [-0.3, -0.25) is 4.79 Å². The molecule has 0 spiro atoms. The second-order valence-electron chi connectivity index (χ2n) is 3.65. The van der Waals surface area contributed by atoms with Crippen molar-refractivity contribution in [2.45, 2.75) is 0 Å². The first-order valence-electron chi connectivity index (χ1n) is 5.17. The Morgan fingerprint density at radius 2 is 1.82 bits per heavy atom. The maximum atomic E-state index is 11.9. The topological polar surface area (TPSA) is 54.6 Å². The molecule has 2 rings (SSSR count). The lowest BCUT2D eigenvalue weighted by molar-refractivity contribution is 0.301. The minimum Gasteiger partial charge on any atom is -0.410 e. The van der Waals surface area contributed by atoms with E-state index < -0.39 is 0 Å². The average molecular weight is 228 g/mol. The number of hydrogen-bond donors (Lipinski definition) is 1. The van der Waals surface area contributed by atoms with Gasteiger partial charge in [0.1, 0.15) is 0 Å². The smallest absolute Gasteiger partial charge is 0.280 e. The van der Waals surface area contributed by atoms with Crippen molar-refractivity contribution < 1.29 is 5.21 Å². The van der Waals surface area contributed by atoms with Crippen LogP contribution >= 0.6 is 0 Å². The molecule has 0 aliphatic rings. The molecule has 0 fully saturated rings. The largest absolute Gasteiger partial charge is 0.410 e. The van der Waals surface area contributed by atoms with Crippen LogP contribution in [0, 0.1) is 0 Å². The van der Waals surface area contributed by atoms with Gasteiger partial charge in [0.15, 0.2) is 5.36 Å². The molecule has 4 heteroatoms. The summed E-state index contributed by atoms with van der Waals surface area (Å²) in [6.07, 6.45) is 1.63. The SMILES string of the molecule is Cn1cccc(-c2ccccc2)c(=NO)c1=O. The zero-order valence-electron chi connectivity index (χ0n) is 9.37. The normalized spacial score (nSPS) is 11.5. The van der Waals surface area contributed by atoms with E-state index in [1.54, 1.807) is 25.4 Å². The maximum Gasteiger partial charge on any atom is 0.280 e. The highest BCUT2D eigenvalue weighted by atomic mass is 16.4. The Bertz CT molecular complexity index is 646. The summed E-state index contributed by atoms with van der Waals surface area (Å²) in [6.45, 7) is 0. The Labute approximate surface area is 98.1 Å². The molecule has 0 atom stereocenters. The molecular formula is C13H12N2O2. The Morgan fingerprint density at radius 3 is 2.47 bits per heavy atom. The van der Waals surface area contributed by atoms with E-state index in [1.807, 2.05) is 30.3 Å². The Kier molecular flexibility index (Phi) is 3.05. The van der Waals surface area contributed by atoms with Crippen LogP contribution in [-0.4, -0.2) is 9.77 Å². The van der Waals surface area contributed by atoms with Crippen molar-refractivity contribution in [1.82, 2.24) is 4.57 Å². The van der Waals surface area contributed by atoms with Gasteiger partial charge in [0, 0.05) is 18.8 Å². The minimum atomic E-state index is -0.337. The van der Waals surface area contributed by atoms with Gasteiger partial charge < -0.3 is 9.77 Å². The van der Waals surface area contributed by atoms with E-state index in [4.69, 9.17) is 5.21 Å². The van der Waals surface area contributed by atoms with Crippen molar-refractivity contribution in [3.8, 4) is 11.1 Å². The molecule has 2 aromatic rings. The Balaban J connectivity index is 2.87. The van der Waals surface area contributed by atoms with Gasteiger partial charge in [-0.2, -0.15) is 0 Å². The predicted octanol–water partition coefficient (Wildman–Crippen LogP) is 1.34. The number of rotatable bonds is 1. The predicted molar refractivity (Wildman–Crippen MR) is 64.5 cm³/mol. The van der Waals surface area contributed by atoms with E-state index in [-0.39, 0.29) is 10.9 Å². The van der Waals surface area contributed by atoms with Crippen molar-refractivity contribution in [2.75, 3.05) is 0 Å². The molecule has 1 aromatic heterocycles. The fourth-order valence-electron chi connectivity index (χ4n) is 1.64. The van der Waals surface area contributed by atoms with Crippen molar-refractivity contribution in [1.29, 1.82) is 0 Å². The van der Waals surface area contributed by atoms with E-state index in [0.717, 1.165) is 5.56 Å². The standard InChI is InChI=1S/C13H12N2O2/c1-15-9-5-8-11(12(14-17)13(15)16)10-6-3-2-4-7-10/h2-9,17H,1H3. The fourth-order valence-corrected chi connectivity index (χ4v) is 1.64. The van der Waals surface area contributed by atoms with Gasteiger partial charge in [-0.05, 0) is 11.6 Å². The van der Waals surface area contributed by atoms with Crippen LogP contribution in [0.3, 0.4) is 0 Å². The summed E-state index contributed by atoms with van der Waals surface area (Å²) in [4.78, 5) is 11.9. The number of benzene rings is 1. The molecule has 0 unspecified atom stereocenters. The van der Waals surface area contributed by atoms with Gasteiger partial charge in [-0.15, -0.1) is 0 Å². The molecule has 0 saturated heterocycles. The van der Waals surface area contributed by atoms with E-state index in [2.05, 4.69) is 5.16 Å². The van der Waals surface area contributed by atoms with Crippen LogP contribution in [0.2, 0.25) is 0 Å². The molecule has 1 heterocycles. The van der Waals surface area contributed by atoms with Crippen LogP contribution in [0.25, 0.3) is 11.1 Å². The van der Waals surface area contributed by atoms with Crippen molar-refractivity contribution >= 4 is 0 Å². The number of nitrogens with zero attached hydrogens (tertiary/aromatic N) is 2.